The molecule has 4 heteroatoms. The molecule has 5 rings (SSSR count). The number of hydrogen-bond donors (Lipinski definition) is 1. The Labute approximate surface area is 263 Å². The molecular weight excluding hydrogens is 540 g/mol. The summed E-state index contributed by atoms with van der Waals surface area (Å²) < 4.78 is 0. The Morgan fingerprint density at radius 3 is 2.09 bits per heavy atom. The van der Waals surface area contributed by atoms with Gasteiger partial charge in [0.25, 0.3) is 0 Å². The molecule has 0 bridgehead atoms. The van der Waals surface area contributed by atoms with E-state index in [1.54, 1.807) is 0 Å². The number of nitrogens with one attached hydrogen (secondary N) is 1. The Hall–Kier alpha value is -4.18. The van der Waals surface area contributed by atoms with Crippen LogP contribution in [0.2, 0.25) is 0 Å². The third kappa shape index (κ3) is 7.48. The number of amides is 1. The minimum absolute atomic E-state index is 0.0886. The molecule has 4 nitrogen and oxygen atoms in total. The van der Waals surface area contributed by atoms with Crippen LogP contribution in [0.25, 0.3) is 11.1 Å². The van der Waals surface area contributed by atoms with E-state index in [1.165, 1.54) is 11.3 Å². The molecule has 1 saturated heterocycles. The van der Waals surface area contributed by atoms with Gasteiger partial charge in [0.15, 0.2) is 5.78 Å². The third-order valence-electron chi connectivity index (χ3n) is 8.96. The van der Waals surface area contributed by atoms with Gasteiger partial charge in [0.1, 0.15) is 0 Å². The fourth-order valence-electron chi connectivity index (χ4n) is 6.38. The summed E-state index contributed by atoms with van der Waals surface area (Å²) in [6.07, 6.45) is 3.23. The number of Topliss-reactive ketones (excluding diaryl/α,β-unsaturated/α-hetero) is 1. The average Bonchev–Trinajstić information content (AvgIpc) is 3.05. The molecule has 4 aromatic carbocycles. The topological polar surface area (TPSA) is 49.4 Å². The first-order valence-electron chi connectivity index (χ1n) is 16.1. The van der Waals surface area contributed by atoms with E-state index in [-0.39, 0.29) is 23.0 Å². The van der Waals surface area contributed by atoms with Gasteiger partial charge in [-0.25, -0.2) is 0 Å². The van der Waals surface area contributed by atoms with Crippen LogP contribution in [0.5, 0.6) is 0 Å². The van der Waals surface area contributed by atoms with E-state index >= 15 is 0 Å². The second-order valence-corrected chi connectivity index (χ2v) is 13.1. The fraction of sp³-hybridized carbons (Fsp3) is 0.350. The molecule has 0 aromatic heterocycles. The maximum Gasteiger partial charge on any atom is 0.227 e. The van der Waals surface area contributed by atoms with Crippen LogP contribution in [0.3, 0.4) is 0 Å². The molecule has 1 unspecified atom stereocenters. The molecule has 0 saturated carbocycles. The Kier molecular flexibility index (Phi) is 9.99. The predicted octanol–water partition coefficient (Wildman–Crippen LogP) is 8.60. The van der Waals surface area contributed by atoms with Crippen molar-refractivity contribution in [2.24, 2.45) is 5.92 Å². The Morgan fingerprint density at radius 2 is 1.45 bits per heavy atom. The van der Waals surface area contributed by atoms with Crippen LogP contribution in [0.4, 0.5) is 5.69 Å². The quantitative estimate of drug-likeness (QED) is 0.189. The first-order valence-corrected chi connectivity index (χ1v) is 16.1. The van der Waals surface area contributed by atoms with E-state index in [9.17, 15) is 9.59 Å². The minimum atomic E-state index is -0.113. The van der Waals surface area contributed by atoms with Crippen molar-refractivity contribution in [1.82, 2.24) is 5.32 Å². The zero-order valence-electron chi connectivity index (χ0n) is 26.7. The number of anilines is 1. The summed E-state index contributed by atoms with van der Waals surface area (Å²) >= 11 is 0. The maximum absolute atomic E-state index is 13.5. The number of carbonyl (C=O) groups is 2. The highest BCUT2D eigenvalue weighted by molar-refractivity contribution is 6.03. The third-order valence-corrected chi connectivity index (χ3v) is 8.96. The van der Waals surface area contributed by atoms with Gasteiger partial charge in [0, 0.05) is 37.3 Å². The number of nitrogens with zero attached hydrogens (tertiary/aromatic N) is 1. The second-order valence-electron chi connectivity index (χ2n) is 13.1. The summed E-state index contributed by atoms with van der Waals surface area (Å²) in [5.41, 5.74) is 7.48. The van der Waals surface area contributed by atoms with E-state index < -0.39 is 0 Å². The zero-order valence-corrected chi connectivity index (χ0v) is 26.7. The molecule has 4 aromatic rings. The van der Waals surface area contributed by atoms with Crippen LogP contribution in [-0.4, -0.2) is 31.3 Å². The lowest BCUT2D eigenvalue weighted by molar-refractivity contribution is -0.124. The Balaban J connectivity index is 1.23. The number of rotatable bonds is 10. The summed E-state index contributed by atoms with van der Waals surface area (Å²) in [5.74, 6) is 0.473. The number of hydrogen-bond acceptors (Lipinski definition) is 3. The van der Waals surface area contributed by atoms with Crippen molar-refractivity contribution < 1.29 is 9.59 Å². The van der Waals surface area contributed by atoms with Crippen LogP contribution in [-0.2, 0) is 16.6 Å². The maximum atomic E-state index is 13.5. The molecule has 0 radical (unpaired) electrons. The second kappa shape index (κ2) is 14.1. The van der Waals surface area contributed by atoms with Crippen molar-refractivity contribution in [1.29, 1.82) is 0 Å². The predicted molar refractivity (Wildman–Crippen MR) is 182 cm³/mol. The van der Waals surface area contributed by atoms with Crippen molar-refractivity contribution in [3.8, 4) is 11.1 Å². The lowest BCUT2D eigenvalue weighted by Crippen LogP contribution is -2.40. The largest absolute Gasteiger partial charge is 0.372 e. The number of benzene rings is 4. The van der Waals surface area contributed by atoms with Crippen molar-refractivity contribution >= 4 is 17.4 Å². The van der Waals surface area contributed by atoms with Crippen LogP contribution >= 0.6 is 0 Å². The summed E-state index contributed by atoms with van der Waals surface area (Å²) in [5, 5.41) is 3.14. The summed E-state index contributed by atoms with van der Waals surface area (Å²) in [7, 11) is 0. The van der Waals surface area contributed by atoms with E-state index in [1.807, 2.05) is 42.5 Å². The van der Waals surface area contributed by atoms with Gasteiger partial charge in [-0.1, -0.05) is 119 Å². The first-order chi connectivity index (χ1) is 21.2. The highest BCUT2D eigenvalue weighted by Gasteiger charge is 2.32. The van der Waals surface area contributed by atoms with Crippen molar-refractivity contribution in [3.05, 3.63) is 125 Å². The van der Waals surface area contributed by atoms with Gasteiger partial charge in [-0.3, -0.25) is 9.59 Å². The molecular formula is C40H46N2O2. The van der Waals surface area contributed by atoms with E-state index in [2.05, 4.69) is 98.6 Å². The molecule has 0 spiro atoms. The summed E-state index contributed by atoms with van der Waals surface area (Å²) in [6.45, 7) is 11.3. The molecule has 228 valence electrons. The van der Waals surface area contributed by atoms with Crippen molar-refractivity contribution in [3.63, 3.8) is 0 Å². The molecule has 0 aliphatic carbocycles. The first kappa shape index (κ1) is 31.3. The van der Waals surface area contributed by atoms with Gasteiger partial charge in [-0.2, -0.15) is 0 Å². The smallest absolute Gasteiger partial charge is 0.227 e. The van der Waals surface area contributed by atoms with E-state index in [4.69, 9.17) is 0 Å². The summed E-state index contributed by atoms with van der Waals surface area (Å²) in [4.78, 5) is 29.1. The average molecular weight is 587 g/mol. The number of piperidine rings is 1. The SMILES string of the molecule is CCCNC(=O)C(c1ccccc1)C1CCN(c2ccc(CC(=O)c3ccccc3-c3ccc(C(C)(C)C)cc3)cc2)CC1. The van der Waals surface area contributed by atoms with Crippen molar-refractivity contribution in [2.75, 3.05) is 24.5 Å². The van der Waals surface area contributed by atoms with Crippen LogP contribution in [0.1, 0.15) is 79.9 Å². The lowest BCUT2D eigenvalue weighted by atomic mass is 9.79. The van der Waals surface area contributed by atoms with Gasteiger partial charge >= 0.3 is 0 Å². The van der Waals surface area contributed by atoms with Gasteiger partial charge < -0.3 is 10.2 Å². The van der Waals surface area contributed by atoms with Crippen LogP contribution in [0.15, 0.2) is 103 Å². The number of ketones is 1. The Bertz CT molecular complexity index is 1530. The zero-order chi connectivity index (χ0) is 31.1. The molecule has 1 fully saturated rings. The van der Waals surface area contributed by atoms with E-state index in [0.29, 0.717) is 18.9 Å². The fourth-order valence-corrected chi connectivity index (χ4v) is 6.38. The van der Waals surface area contributed by atoms with Crippen molar-refractivity contribution in [2.45, 2.75) is 64.7 Å². The molecule has 1 amide bonds. The highest BCUT2D eigenvalue weighted by atomic mass is 16.2. The van der Waals surface area contributed by atoms with Gasteiger partial charge in [-0.15, -0.1) is 0 Å². The van der Waals surface area contributed by atoms with Gasteiger partial charge in [0.05, 0.1) is 5.92 Å². The van der Waals surface area contributed by atoms with Crippen LogP contribution in [0, 0.1) is 5.92 Å². The molecule has 1 aliphatic heterocycles. The van der Waals surface area contributed by atoms with Crippen LogP contribution < -0.4 is 10.2 Å². The van der Waals surface area contributed by atoms with Gasteiger partial charge in [0.2, 0.25) is 5.91 Å². The molecule has 1 atom stereocenters. The van der Waals surface area contributed by atoms with Gasteiger partial charge in [-0.05, 0) is 70.5 Å². The summed E-state index contributed by atoms with van der Waals surface area (Å²) in [6, 6.07) is 35.2. The normalized spacial score (nSPS) is 14.7. The standard InChI is InChI=1S/C40H46N2O2/c1-5-25-41-39(44)38(31-11-7-6-8-12-31)32-23-26-42(27-24-32)34-21-15-29(16-22-34)28-37(43)36-14-10-9-13-35(36)30-17-19-33(20-18-30)40(2,3)4/h6-22,32,38H,5,23-28H2,1-4H3,(H,41,44). The van der Waals surface area contributed by atoms with E-state index in [0.717, 1.165) is 60.2 Å². The molecule has 1 aliphatic rings. The molecule has 1 heterocycles. The lowest BCUT2D eigenvalue weighted by Gasteiger charge is -2.37. The number of carbonyl (C=O) groups excluding carboxylic acids is 2. The Morgan fingerprint density at radius 1 is 0.818 bits per heavy atom. The molecule has 1 N–H and O–H groups in total. The minimum Gasteiger partial charge on any atom is -0.372 e. The monoisotopic (exact) mass is 586 g/mol. The highest BCUT2D eigenvalue weighted by Crippen LogP contribution is 2.35. The molecule has 44 heavy (non-hydrogen) atoms.